The number of nitrogens with zero attached hydrogens (tertiary/aromatic N) is 2. The van der Waals surface area contributed by atoms with E-state index in [1.165, 1.54) is 11.1 Å². The average molecular weight is 465 g/mol. The summed E-state index contributed by atoms with van der Waals surface area (Å²) in [6, 6.07) is 8.48. The summed E-state index contributed by atoms with van der Waals surface area (Å²) in [4.78, 5) is 6.92. The molecule has 1 N–H and O–H groups in total. The van der Waals surface area contributed by atoms with Crippen LogP contribution in [0.4, 0.5) is 11.4 Å². The van der Waals surface area contributed by atoms with E-state index in [0.717, 1.165) is 61.8 Å². The Bertz CT molecular complexity index is 575. The fourth-order valence-electron chi connectivity index (χ4n) is 2.38. The van der Waals surface area contributed by atoms with Gasteiger partial charge in [-0.25, -0.2) is 0 Å². The van der Waals surface area contributed by atoms with Crippen molar-refractivity contribution in [2.24, 2.45) is 0 Å². The van der Waals surface area contributed by atoms with Gasteiger partial charge < -0.3 is 0 Å². The first-order chi connectivity index (χ1) is 9.40. The summed E-state index contributed by atoms with van der Waals surface area (Å²) >= 11 is 0.864. The van der Waals surface area contributed by atoms with Crippen LogP contribution in [0.3, 0.4) is 0 Å². The number of pyridine rings is 1. The Hall–Kier alpha value is -0.538. The second-order valence-electron chi connectivity index (χ2n) is 4.35. The number of anilines is 2. The first-order valence-electron chi connectivity index (χ1n) is 6.22. The molecule has 6 heteroatoms. The Morgan fingerprint density at radius 1 is 1.26 bits per heavy atom. The van der Waals surface area contributed by atoms with Crippen LogP contribution in [-0.4, -0.2) is 55.6 Å². The molecular formula is C13H14N3OSTl. The number of rotatable bonds is 3. The molecule has 96 valence electrons. The molecule has 0 amide bonds. The second kappa shape index (κ2) is 6.27. The van der Waals surface area contributed by atoms with Crippen molar-refractivity contribution in [1.82, 2.24) is 4.98 Å². The number of benzene rings is 1. The van der Waals surface area contributed by atoms with E-state index >= 15 is 0 Å². The van der Waals surface area contributed by atoms with E-state index in [4.69, 9.17) is 4.74 Å². The molecule has 1 aromatic carbocycles. The minimum atomic E-state index is 0.805. The minimum absolute atomic E-state index is 0.805. The van der Waals surface area contributed by atoms with Gasteiger partial charge in [-0.2, -0.15) is 0 Å². The van der Waals surface area contributed by atoms with Gasteiger partial charge in [0.25, 0.3) is 0 Å². The predicted octanol–water partition coefficient (Wildman–Crippen LogP) is 2.21. The van der Waals surface area contributed by atoms with Crippen LogP contribution in [0.2, 0.25) is 0 Å². The van der Waals surface area contributed by atoms with Crippen LogP contribution in [0.1, 0.15) is 0 Å². The maximum absolute atomic E-state index is 5.43. The van der Waals surface area contributed by atoms with E-state index in [0.29, 0.717) is 0 Å². The molecule has 0 bridgehead atoms. The summed E-state index contributed by atoms with van der Waals surface area (Å²) in [5.41, 5.74) is 3.43. The van der Waals surface area contributed by atoms with E-state index in [1.54, 1.807) is 8.50 Å². The van der Waals surface area contributed by atoms with Gasteiger partial charge in [0.1, 0.15) is 0 Å². The van der Waals surface area contributed by atoms with E-state index < -0.39 is 0 Å². The van der Waals surface area contributed by atoms with Crippen LogP contribution in [0.5, 0.6) is 0 Å². The van der Waals surface area contributed by atoms with E-state index in [-0.39, 0.29) is 0 Å². The molecule has 3 rings (SSSR count). The number of nitrogens with one attached hydrogen (secondary N) is 1. The zero-order chi connectivity index (χ0) is 13.1. The van der Waals surface area contributed by atoms with Crippen molar-refractivity contribution in [2.45, 2.75) is 0 Å². The Kier molecular flexibility index (Phi) is 4.44. The van der Waals surface area contributed by atoms with Crippen LogP contribution in [-0.2, 0) is 4.74 Å². The van der Waals surface area contributed by atoms with Gasteiger partial charge in [-0.3, -0.25) is 0 Å². The predicted molar refractivity (Wildman–Crippen MR) is 81.7 cm³/mol. The van der Waals surface area contributed by atoms with Gasteiger partial charge in [-0.15, -0.1) is 0 Å². The molecular weight excluding hydrogens is 451 g/mol. The number of morpholine rings is 1. The van der Waals surface area contributed by atoms with E-state index in [9.17, 15) is 0 Å². The maximum atomic E-state index is 5.43. The fourth-order valence-corrected chi connectivity index (χ4v) is 4.16. The number of ether oxygens (including phenoxy) is 1. The molecule has 0 spiro atoms. The standard InChI is InChI=1S/C13H14N3OS.Tl/c18-15-11-3-4-12(16-6-8-17-9-7-16)10-2-1-5-14-13(10)11;/h1-5,15H,6-9H2;/q-1;+1. The monoisotopic (exact) mass is 465 g/mol. The van der Waals surface area contributed by atoms with Crippen LogP contribution in [0.15, 0.2) is 30.5 Å². The summed E-state index contributed by atoms with van der Waals surface area (Å²) in [6.45, 7) is 3.51. The van der Waals surface area contributed by atoms with Gasteiger partial charge in [0, 0.05) is 0 Å². The third-order valence-corrected chi connectivity index (χ3v) is 4.98. The van der Waals surface area contributed by atoms with Crippen LogP contribution >= 0.6 is 8.50 Å². The molecule has 1 aliphatic heterocycles. The third-order valence-electron chi connectivity index (χ3n) is 3.27. The Morgan fingerprint density at radius 2 is 2.11 bits per heavy atom. The van der Waals surface area contributed by atoms with Crippen LogP contribution < -0.4 is 9.62 Å². The normalized spacial score (nSPS) is 15.6. The van der Waals surface area contributed by atoms with E-state index in [1.807, 2.05) is 12.3 Å². The van der Waals surface area contributed by atoms with Crippen LogP contribution in [0, 0.1) is 0 Å². The van der Waals surface area contributed by atoms with E-state index in [2.05, 4.69) is 32.8 Å². The number of hydrogen-bond donors (Lipinski definition) is 1. The second-order valence-corrected chi connectivity index (χ2v) is 7.54. The molecule has 0 saturated carbocycles. The first kappa shape index (κ1) is 13.4. The summed E-state index contributed by atoms with van der Waals surface area (Å²) < 4.78 is 8.79. The van der Waals surface area contributed by atoms with Gasteiger partial charge in [-0.1, -0.05) is 0 Å². The molecule has 0 aliphatic carbocycles. The van der Waals surface area contributed by atoms with Gasteiger partial charge in [0.15, 0.2) is 0 Å². The zero-order valence-electron chi connectivity index (χ0n) is 10.5. The molecule has 1 fully saturated rings. The van der Waals surface area contributed by atoms with Gasteiger partial charge in [0.05, 0.1) is 0 Å². The fraction of sp³-hybridized carbons (Fsp3) is 0.308. The van der Waals surface area contributed by atoms with Crippen molar-refractivity contribution in [3.8, 4) is 0 Å². The number of hydrogen-bond acceptors (Lipinski definition) is 5. The molecule has 0 unspecified atom stereocenters. The molecule has 0 atom stereocenters. The molecule has 19 heavy (non-hydrogen) atoms. The van der Waals surface area contributed by atoms with Crippen molar-refractivity contribution in [3.63, 3.8) is 0 Å². The Labute approximate surface area is 130 Å². The summed E-state index contributed by atoms with van der Waals surface area (Å²) in [5.74, 6) is 0. The molecule has 0 radical (unpaired) electrons. The summed E-state index contributed by atoms with van der Waals surface area (Å²) in [5, 5.41) is 1.22. The molecule has 1 aliphatic rings. The molecule has 4 nitrogen and oxygen atoms in total. The Morgan fingerprint density at radius 3 is 2.89 bits per heavy atom. The number of fused-ring (bicyclic) bond motifs is 1. The first-order valence-corrected chi connectivity index (χ1v) is 12.6. The number of aromatic nitrogens is 1. The third kappa shape index (κ3) is 2.82. The summed E-state index contributed by atoms with van der Waals surface area (Å²) in [6.07, 6.45) is 1.86. The van der Waals surface area contributed by atoms with Crippen molar-refractivity contribution < 1.29 is 4.74 Å². The van der Waals surface area contributed by atoms with Crippen LogP contribution in [0.25, 0.3) is 10.9 Å². The SMILES string of the molecule is [Tl][S]Nc1ccc(N2CCOCC2)c2cccnc12. The van der Waals surface area contributed by atoms with Gasteiger partial charge >= 0.3 is 131 Å². The van der Waals surface area contributed by atoms with Crippen molar-refractivity contribution >= 4 is 55.0 Å². The van der Waals surface area contributed by atoms with Crippen molar-refractivity contribution in [3.05, 3.63) is 30.5 Å². The molecule has 2 heterocycles. The molecule has 1 aromatic heterocycles. The van der Waals surface area contributed by atoms with Gasteiger partial charge in [0.2, 0.25) is 0 Å². The Balaban J connectivity index is 2.07. The quantitative estimate of drug-likeness (QED) is 0.557. The van der Waals surface area contributed by atoms with Gasteiger partial charge in [-0.05, 0) is 0 Å². The molecule has 2 aromatic rings. The van der Waals surface area contributed by atoms with Crippen molar-refractivity contribution in [1.29, 1.82) is 0 Å². The molecule has 1 saturated heterocycles. The summed E-state index contributed by atoms with van der Waals surface area (Å²) in [7, 11) is 1.75. The topological polar surface area (TPSA) is 37.4 Å². The zero-order valence-corrected chi connectivity index (χ0v) is 15.8. The van der Waals surface area contributed by atoms with Crippen molar-refractivity contribution in [2.75, 3.05) is 35.9 Å². The average Bonchev–Trinajstić information content (AvgIpc) is 2.49.